The Morgan fingerprint density at radius 3 is 2.74 bits per heavy atom. The van der Waals surface area contributed by atoms with Crippen LogP contribution in [0.3, 0.4) is 0 Å². The number of hydrogen-bond acceptors (Lipinski definition) is 5. The molecule has 0 radical (unpaired) electrons. The van der Waals surface area contributed by atoms with E-state index in [1.165, 1.54) is 16.8 Å². The van der Waals surface area contributed by atoms with Gasteiger partial charge in [-0.15, -0.1) is 0 Å². The van der Waals surface area contributed by atoms with E-state index in [0.717, 1.165) is 30.9 Å². The molecule has 2 aromatic rings. The fourth-order valence-corrected chi connectivity index (χ4v) is 3.59. The molecule has 0 aliphatic carbocycles. The van der Waals surface area contributed by atoms with Gasteiger partial charge in [-0.05, 0) is 18.1 Å². The molecule has 0 spiro atoms. The molecule has 3 fully saturated rings. The molecule has 0 amide bonds. The number of aryl methyl sites for hydroxylation is 1. The monoisotopic (exact) mass is 315 g/mol. The molecule has 2 bridgehead atoms. The molecule has 23 heavy (non-hydrogen) atoms. The van der Waals surface area contributed by atoms with Crippen LogP contribution in [0.4, 0.5) is 10.2 Å². The van der Waals surface area contributed by atoms with Crippen molar-refractivity contribution in [3.05, 3.63) is 52.6 Å². The van der Waals surface area contributed by atoms with Gasteiger partial charge in [-0.2, -0.15) is 0 Å². The van der Waals surface area contributed by atoms with Gasteiger partial charge in [-0.3, -0.25) is 14.7 Å². The summed E-state index contributed by atoms with van der Waals surface area (Å²) in [5.41, 5.74) is 0.854. The van der Waals surface area contributed by atoms with Gasteiger partial charge in [0, 0.05) is 51.0 Å². The van der Waals surface area contributed by atoms with Crippen molar-refractivity contribution in [3.8, 4) is 0 Å². The van der Waals surface area contributed by atoms with Crippen molar-refractivity contribution in [2.24, 2.45) is 7.05 Å². The summed E-state index contributed by atoms with van der Waals surface area (Å²) in [7, 11) is 1.70. The van der Waals surface area contributed by atoms with Crippen molar-refractivity contribution in [3.63, 3.8) is 0 Å². The van der Waals surface area contributed by atoms with Gasteiger partial charge in [0.1, 0.15) is 11.6 Å². The number of nitrogens with zero attached hydrogens (tertiary/aromatic N) is 5. The second-order valence-electron chi connectivity index (χ2n) is 6.35. The van der Waals surface area contributed by atoms with Gasteiger partial charge >= 0.3 is 0 Å². The third-order valence-corrected chi connectivity index (χ3v) is 4.66. The van der Waals surface area contributed by atoms with Crippen molar-refractivity contribution in [2.75, 3.05) is 18.0 Å². The molecule has 0 aromatic carbocycles. The number of piperidine rings is 1. The average Bonchev–Trinajstić information content (AvgIpc) is 2.51. The van der Waals surface area contributed by atoms with Crippen LogP contribution in [0.15, 0.2) is 35.6 Å². The Balaban J connectivity index is 1.46. The highest BCUT2D eigenvalue weighted by Crippen LogP contribution is 2.35. The molecule has 2 unspecified atom stereocenters. The van der Waals surface area contributed by atoms with Gasteiger partial charge < -0.3 is 9.47 Å². The first kappa shape index (κ1) is 14.3. The highest BCUT2D eigenvalue weighted by atomic mass is 19.1. The highest BCUT2D eigenvalue weighted by molar-refractivity contribution is 5.45. The van der Waals surface area contributed by atoms with Gasteiger partial charge in [-0.25, -0.2) is 9.37 Å². The number of rotatable bonds is 3. The van der Waals surface area contributed by atoms with Crippen LogP contribution in [0.1, 0.15) is 12.0 Å². The van der Waals surface area contributed by atoms with Crippen LogP contribution in [-0.2, 0) is 13.6 Å². The van der Waals surface area contributed by atoms with Crippen LogP contribution in [0.2, 0.25) is 0 Å². The zero-order chi connectivity index (χ0) is 16.0. The third-order valence-electron chi connectivity index (χ3n) is 4.66. The molecule has 5 rings (SSSR count). The van der Waals surface area contributed by atoms with Gasteiger partial charge in [0.25, 0.3) is 5.56 Å². The summed E-state index contributed by atoms with van der Waals surface area (Å²) in [5.74, 6) is 0.469. The summed E-state index contributed by atoms with van der Waals surface area (Å²) in [5, 5.41) is 0. The van der Waals surface area contributed by atoms with E-state index in [0.29, 0.717) is 18.6 Å². The van der Waals surface area contributed by atoms with Gasteiger partial charge in [0.05, 0.1) is 12.5 Å². The van der Waals surface area contributed by atoms with E-state index in [9.17, 15) is 9.18 Å². The molecule has 120 valence electrons. The lowest BCUT2D eigenvalue weighted by Gasteiger charge is -2.57. The summed E-state index contributed by atoms with van der Waals surface area (Å²) in [6.45, 7) is 2.49. The number of halogens is 1. The Hall–Kier alpha value is -2.28. The number of aromatic nitrogens is 3. The van der Waals surface area contributed by atoms with Crippen molar-refractivity contribution < 1.29 is 4.39 Å². The number of pyridine rings is 1. The van der Waals surface area contributed by atoms with Gasteiger partial charge in [-0.1, -0.05) is 0 Å². The minimum Gasteiger partial charge on any atom is -0.348 e. The molecule has 3 aliphatic rings. The van der Waals surface area contributed by atoms with Crippen molar-refractivity contribution in [1.29, 1.82) is 0 Å². The molecule has 5 heterocycles. The number of anilines is 1. The molecular formula is C16H18FN5O. The number of hydrogen-bond donors (Lipinski definition) is 0. The Morgan fingerprint density at radius 2 is 2.04 bits per heavy atom. The van der Waals surface area contributed by atoms with Crippen molar-refractivity contribution in [2.45, 2.75) is 25.0 Å². The lowest BCUT2D eigenvalue weighted by molar-refractivity contribution is 0.107. The zero-order valence-electron chi connectivity index (χ0n) is 12.9. The molecule has 3 saturated heterocycles. The quantitative estimate of drug-likeness (QED) is 0.838. The fourth-order valence-electron chi connectivity index (χ4n) is 3.59. The maximum atomic E-state index is 13.2. The van der Waals surface area contributed by atoms with E-state index in [1.54, 1.807) is 25.6 Å². The fraction of sp³-hybridized carbons (Fsp3) is 0.438. The topological polar surface area (TPSA) is 54.3 Å². The van der Waals surface area contributed by atoms with E-state index < -0.39 is 0 Å². The standard InChI is InChI=1S/C16H18FN5O/c1-20-10-19-15(4-16(20)23)22-13-3-14(22)9-21(8-13)7-11-2-12(17)6-18-5-11/h2,4-6,10,13-14H,3,7-9H2,1H3. The summed E-state index contributed by atoms with van der Waals surface area (Å²) in [6.07, 6.45) is 5.63. The first-order valence-corrected chi connectivity index (χ1v) is 7.73. The molecule has 2 atom stereocenters. The maximum absolute atomic E-state index is 13.2. The predicted octanol–water partition coefficient (Wildman–Crippen LogP) is 0.777. The van der Waals surface area contributed by atoms with Gasteiger partial charge in [0.15, 0.2) is 0 Å². The van der Waals surface area contributed by atoms with Crippen LogP contribution in [0.5, 0.6) is 0 Å². The lowest BCUT2D eigenvalue weighted by atomic mass is 9.87. The van der Waals surface area contributed by atoms with Crippen LogP contribution in [0, 0.1) is 5.82 Å². The second kappa shape index (κ2) is 5.42. The number of piperazine rings is 1. The summed E-state index contributed by atoms with van der Waals surface area (Å²) in [6, 6.07) is 3.88. The Bertz CT molecular complexity index is 780. The van der Waals surface area contributed by atoms with Crippen LogP contribution >= 0.6 is 0 Å². The van der Waals surface area contributed by atoms with E-state index in [4.69, 9.17) is 0 Å². The first-order valence-electron chi connectivity index (χ1n) is 7.73. The largest absolute Gasteiger partial charge is 0.348 e. The molecule has 0 N–H and O–H groups in total. The summed E-state index contributed by atoms with van der Waals surface area (Å²) >= 11 is 0. The maximum Gasteiger partial charge on any atom is 0.255 e. The van der Waals surface area contributed by atoms with Crippen LogP contribution in [0.25, 0.3) is 0 Å². The van der Waals surface area contributed by atoms with E-state index in [2.05, 4.69) is 19.8 Å². The number of fused-ring (bicyclic) bond motifs is 2. The van der Waals surface area contributed by atoms with E-state index in [1.807, 2.05) is 0 Å². The van der Waals surface area contributed by atoms with Gasteiger partial charge in [0.2, 0.25) is 0 Å². The Morgan fingerprint density at radius 1 is 1.26 bits per heavy atom. The van der Waals surface area contributed by atoms with Crippen molar-refractivity contribution >= 4 is 5.82 Å². The molecule has 2 aromatic heterocycles. The SMILES string of the molecule is Cn1cnc(N2C3CC2CN(Cc2cncc(F)c2)C3)cc1=O. The molecule has 3 aliphatic heterocycles. The second-order valence-corrected chi connectivity index (χ2v) is 6.35. The Labute approximate surface area is 133 Å². The highest BCUT2D eigenvalue weighted by Gasteiger charge is 2.45. The Kier molecular flexibility index (Phi) is 3.37. The minimum atomic E-state index is -0.296. The lowest BCUT2D eigenvalue weighted by Crippen LogP contribution is -2.69. The van der Waals surface area contributed by atoms with Crippen molar-refractivity contribution in [1.82, 2.24) is 19.4 Å². The summed E-state index contributed by atoms with van der Waals surface area (Å²) < 4.78 is 14.7. The van der Waals surface area contributed by atoms with Crippen LogP contribution in [-0.4, -0.2) is 44.6 Å². The normalized spacial score (nSPS) is 23.7. The first-order chi connectivity index (χ1) is 11.1. The molecule has 0 saturated carbocycles. The molecular weight excluding hydrogens is 297 g/mol. The predicted molar refractivity (Wildman–Crippen MR) is 83.6 cm³/mol. The van der Waals surface area contributed by atoms with E-state index in [-0.39, 0.29) is 11.4 Å². The summed E-state index contributed by atoms with van der Waals surface area (Å²) in [4.78, 5) is 24.6. The minimum absolute atomic E-state index is 0.0392. The smallest absolute Gasteiger partial charge is 0.255 e. The van der Waals surface area contributed by atoms with E-state index >= 15 is 0 Å². The third kappa shape index (κ3) is 2.61. The van der Waals surface area contributed by atoms with Crippen LogP contribution < -0.4 is 10.5 Å². The molecule has 6 nitrogen and oxygen atoms in total. The zero-order valence-corrected chi connectivity index (χ0v) is 12.9. The average molecular weight is 315 g/mol. The molecule has 7 heteroatoms.